The molecule has 20 heavy (non-hydrogen) atoms. The molecule has 0 radical (unpaired) electrons. The fourth-order valence-corrected chi connectivity index (χ4v) is 2.25. The van der Waals surface area contributed by atoms with Gasteiger partial charge in [-0.1, -0.05) is 0 Å². The summed E-state index contributed by atoms with van der Waals surface area (Å²) in [6.07, 6.45) is -2.74. The summed E-state index contributed by atoms with van der Waals surface area (Å²) in [7, 11) is 1.41. The Kier molecular flexibility index (Phi) is 6.94. The van der Waals surface area contributed by atoms with Gasteiger partial charge in [-0.2, -0.15) is 13.2 Å². The third kappa shape index (κ3) is 8.11. The SMILES string of the molecule is CN(CCCNC(=O)CCc1cscn1)CC(F)(F)F. The lowest BCUT2D eigenvalue weighted by Gasteiger charge is -2.18. The van der Waals surface area contributed by atoms with Gasteiger partial charge in [-0.3, -0.25) is 9.69 Å². The molecule has 0 saturated carbocycles. The van der Waals surface area contributed by atoms with Crippen LogP contribution in [0.25, 0.3) is 0 Å². The number of hydrogen-bond donors (Lipinski definition) is 1. The average Bonchev–Trinajstić information content (AvgIpc) is 2.83. The number of aryl methyl sites for hydroxylation is 1. The number of nitrogens with zero attached hydrogens (tertiary/aromatic N) is 2. The van der Waals surface area contributed by atoms with Gasteiger partial charge in [0.1, 0.15) is 0 Å². The molecule has 0 aliphatic carbocycles. The van der Waals surface area contributed by atoms with Gasteiger partial charge < -0.3 is 5.32 Å². The summed E-state index contributed by atoms with van der Waals surface area (Å²) in [5.41, 5.74) is 2.60. The van der Waals surface area contributed by atoms with Gasteiger partial charge in [-0.15, -0.1) is 11.3 Å². The lowest BCUT2D eigenvalue weighted by Crippen LogP contribution is -2.33. The summed E-state index contributed by atoms with van der Waals surface area (Å²) in [5.74, 6) is -0.100. The number of amides is 1. The Balaban J connectivity index is 2.04. The van der Waals surface area contributed by atoms with Crippen LogP contribution in [0.5, 0.6) is 0 Å². The zero-order chi connectivity index (χ0) is 15.0. The van der Waals surface area contributed by atoms with Gasteiger partial charge in [0, 0.05) is 18.3 Å². The van der Waals surface area contributed by atoms with Gasteiger partial charge in [0.25, 0.3) is 0 Å². The Morgan fingerprint density at radius 3 is 2.85 bits per heavy atom. The molecule has 1 heterocycles. The second kappa shape index (κ2) is 8.21. The summed E-state index contributed by atoms with van der Waals surface area (Å²) >= 11 is 1.48. The monoisotopic (exact) mass is 309 g/mol. The number of nitrogens with one attached hydrogen (secondary N) is 1. The van der Waals surface area contributed by atoms with Crippen molar-refractivity contribution >= 4 is 17.2 Å². The van der Waals surface area contributed by atoms with Crippen LogP contribution < -0.4 is 5.32 Å². The van der Waals surface area contributed by atoms with Crippen molar-refractivity contribution in [3.05, 3.63) is 16.6 Å². The van der Waals surface area contributed by atoms with E-state index in [0.29, 0.717) is 32.4 Å². The number of carbonyl (C=O) groups is 1. The minimum absolute atomic E-state index is 0.100. The molecule has 0 saturated heterocycles. The number of halogens is 3. The summed E-state index contributed by atoms with van der Waals surface area (Å²) in [4.78, 5) is 16.7. The predicted octanol–water partition coefficient (Wildman–Crippen LogP) is 2.08. The molecule has 0 spiro atoms. The molecule has 0 aliphatic rings. The van der Waals surface area contributed by atoms with Gasteiger partial charge >= 0.3 is 6.18 Å². The van der Waals surface area contributed by atoms with Crippen LogP contribution in [0.15, 0.2) is 10.9 Å². The maximum absolute atomic E-state index is 12.1. The molecule has 0 unspecified atom stereocenters. The largest absolute Gasteiger partial charge is 0.401 e. The number of rotatable bonds is 8. The molecule has 4 nitrogen and oxygen atoms in total. The van der Waals surface area contributed by atoms with Gasteiger partial charge in [-0.25, -0.2) is 4.98 Å². The first-order valence-electron chi connectivity index (χ1n) is 6.26. The van der Waals surface area contributed by atoms with E-state index in [4.69, 9.17) is 0 Å². The van der Waals surface area contributed by atoms with Crippen LogP contribution >= 0.6 is 11.3 Å². The van der Waals surface area contributed by atoms with E-state index < -0.39 is 12.7 Å². The van der Waals surface area contributed by atoms with E-state index >= 15 is 0 Å². The highest BCUT2D eigenvalue weighted by Crippen LogP contribution is 2.15. The Morgan fingerprint density at radius 1 is 1.50 bits per heavy atom. The molecule has 0 fully saturated rings. The van der Waals surface area contributed by atoms with Crippen molar-refractivity contribution < 1.29 is 18.0 Å². The van der Waals surface area contributed by atoms with Crippen LogP contribution in [-0.2, 0) is 11.2 Å². The molecule has 1 aromatic rings. The van der Waals surface area contributed by atoms with Crippen LogP contribution in [0.2, 0.25) is 0 Å². The third-order valence-corrected chi connectivity index (χ3v) is 3.21. The quantitative estimate of drug-likeness (QED) is 0.748. The lowest BCUT2D eigenvalue weighted by molar-refractivity contribution is -0.143. The highest BCUT2D eigenvalue weighted by atomic mass is 32.1. The molecule has 1 N–H and O–H groups in total. The standard InChI is InChI=1S/C12H18F3N3OS/c1-18(8-12(13,14)15)6-2-5-16-11(19)4-3-10-7-20-9-17-10/h7,9H,2-6,8H2,1H3,(H,16,19). The van der Waals surface area contributed by atoms with Gasteiger partial charge in [0.15, 0.2) is 0 Å². The maximum atomic E-state index is 12.1. The Bertz CT molecular complexity index is 395. The molecule has 0 bridgehead atoms. The minimum Gasteiger partial charge on any atom is -0.356 e. The van der Waals surface area contributed by atoms with E-state index in [1.165, 1.54) is 23.3 Å². The Hall–Kier alpha value is -1.15. The summed E-state index contributed by atoms with van der Waals surface area (Å²) in [5, 5.41) is 4.58. The highest BCUT2D eigenvalue weighted by Gasteiger charge is 2.28. The van der Waals surface area contributed by atoms with Crippen LogP contribution in [0, 0.1) is 0 Å². The maximum Gasteiger partial charge on any atom is 0.401 e. The summed E-state index contributed by atoms with van der Waals surface area (Å²) in [6, 6.07) is 0. The van der Waals surface area contributed by atoms with Crippen molar-refractivity contribution in [3.8, 4) is 0 Å². The Labute approximate surface area is 120 Å². The molecule has 114 valence electrons. The molecular weight excluding hydrogens is 291 g/mol. The minimum atomic E-state index is -4.18. The second-order valence-corrected chi connectivity index (χ2v) is 5.25. The van der Waals surface area contributed by atoms with Crippen molar-refractivity contribution in [1.82, 2.24) is 15.2 Å². The molecule has 0 atom stereocenters. The predicted molar refractivity (Wildman–Crippen MR) is 71.6 cm³/mol. The smallest absolute Gasteiger partial charge is 0.356 e. The van der Waals surface area contributed by atoms with E-state index in [0.717, 1.165) is 5.69 Å². The van der Waals surface area contributed by atoms with Crippen LogP contribution in [0.1, 0.15) is 18.5 Å². The third-order valence-electron chi connectivity index (χ3n) is 2.58. The van der Waals surface area contributed by atoms with Gasteiger partial charge in [-0.05, 0) is 26.4 Å². The lowest BCUT2D eigenvalue weighted by atomic mass is 10.2. The average molecular weight is 309 g/mol. The van der Waals surface area contributed by atoms with Gasteiger partial charge in [0.2, 0.25) is 5.91 Å². The zero-order valence-electron chi connectivity index (χ0n) is 11.2. The first kappa shape index (κ1) is 16.9. The van der Waals surface area contributed by atoms with E-state index in [1.807, 2.05) is 5.38 Å². The van der Waals surface area contributed by atoms with Crippen molar-refractivity contribution in [2.24, 2.45) is 0 Å². The van der Waals surface area contributed by atoms with Crippen molar-refractivity contribution in [2.75, 3.05) is 26.7 Å². The first-order chi connectivity index (χ1) is 9.37. The fraction of sp³-hybridized carbons (Fsp3) is 0.667. The first-order valence-corrected chi connectivity index (χ1v) is 7.20. The molecule has 0 aliphatic heterocycles. The second-order valence-electron chi connectivity index (χ2n) is 4.54. The molecule has 1 aromatic heterocycles. The van der Waals surface area contributed by atoms with Crippen LogP contribution in [0.3, 0.4) is 0 Å². The van der Waals surface area contributed by atoms with E-state index in [-0.39, 0.29) is 5.91 Å². The number of carbonyl (C=O) groups excluding carboxylic acids is 1. The number of aromatic nitrogens is 1. The van der Waals surface area contributed by atoms with Crippen LogP contribution in [0.4, 0.5) is 13.2 Å². The van der Waals surface area contributed by atoms with Crippen molar-refractivity contribution in [3.63, 3.8) is 0 Å². The van der Waals surface area contributed by atoms with Crippen molar-refractivity contribution in [1.29, 1.82) is 0 Å². The molecular formula is C12H18F3N3OS. The van der Waals surface area contributed by atoms with Crippen LogP contribution in [-0.4, -0.2) is 48.6 Å². The Morgan fingerprint density at radius 2 is 2.25 bits per heavy atom. The van der Waals surface area contributed by atoms with E-state index in [1.54, 1.807) is 5.51 Å². The fourth-order valence-electron chi connectivity index (χ4n) is 1.65. The highest BCUT2D eigenvalue weighted by molar-refractivity contribution is 7.07. The van der Waals surface area contributed by atoms with E-state index in [2.05, 4.69) is 10.3 Å². The molecule has 1 amide bonds. The summed E-state index contributed by atoms with van der Waals surface area (Å²) in [6.45, 7) is -0.241. The molecule has 1 rings (SSSR count). The molecule has 0 aromatic carbocycles. The number of thiazole rings is 1. The van der Waals surface area contributed by atoms with Crippen molar-refractivity contribution in [2.45, 2.75) is 25.4 Å². The molecule has 8 heteroatoms. The number of alkyl halides is 3. The van der Waals surface area contributed by atoms with E-state index in [9.17, 15) is 18.0 Å². The van der Waals surface area contributed by atoms with Gasteiger partial charge in [0.05, 0.1) is 17.7 Å². The summed E-state index contributed by atoms with van der Waals surface area (Å²) < 4.78 is 36.2. The number of hydrogen-bond acceptors (Lipinski definition) is 4. The zero-order valence-corrected chi connectivity index (χ0v) is 12.1. The topological polar surface area (TPSA) is 45.2 Å². The normalized spacial score (nSPS) is 11.8.